The molecule has 234 valence electrons. The van der Waals surface area contributed by atoms with E-state index in [9.17, 15) is 36.0 Å². The molecule has 3 aliphatic heterocycles. The molecule has 16 heteroatoms. The predicted molar refractivity (Wildman–Crippen MR) is 150 cm³/mol. The Morgan fingerprint density at radius 1 is 1.00 bits per heavy atom. The number of ether oxygens (including phenoxy) is 1. The summed E-state index contributed by atoms with van der Waals surface area (Å²) < 4.78 is 76.2. The fourth-order valence-corrected chi connectivity index (χ4v) is 7.08. The summed E-state index contributed by atoms with van der Waals surface area (Å²) in [6.07, 6.45) is -1.87. The Labute approximate surface area is 254 Å². The number of nitrogens with zero attached hydrogens (tertiary/aromatic N) is 4. The highest BCUT2D eigenvalue weighted by Gasteiger charge is 2.43. The maximum absolute atomic E-state index is 13.4. The van der Waals surface area contributed by atoms with Crippen LogP contribution in [0.3, 0.4) is 0 Å². The van der Waals surface area contributed by atoms with Gasteiger partial charge in [0.25, 0.3) is 0 Å². The second-order valence-electron chi connectivity index (χ2n) is 10.2. The first-order valence-corrected chi connectivity index (χ1v) is 15.3. The van der Waals surface area contributed by atoms with Crippen LogP contribution in [0.25, 0.3) is 0 Å². The number of piperidine rings is 1. The quantitative estimate of drug-likeness (QED) is 0.412. The van der Waals surface area contributed by atoms with E-state index < -0.39 is 34.0 Å². The number of aromatic nitrogens is 1. The Bertz CT molecular complexity index is 1710. The summed E-state index contributed by atoms with van der Waals surface area (Å²) in [5, 5.41) is 0.522. The molecular formula is C28H26ClF3N4O7S. The summed E-state index contributed by atoms with van der Waals surface area (Å²) in [5.41, 5.74) is 2.56. The minimum atomic E-state index is -4.99. The van der Waals surface area contributed by atoms with Gasteiger partial charge in [-0.05, 0) is 66.8 Å². The van der Waals surface area contributed by atoms with Crippen LogP contribution in [0.4, 0.5) is 23.7 Å². The number of carbonyl (C=O) groups excluding carboxylic acids is 2. The lowest BCUT2D eigenvalue weighted by Gasteiger charge is -2.39. The highest BCUT2D eigenvalue weighted by atomic mass is 35.5. The molecule has 4 heterocycles. The minimum absolute atomic E-state index is 0.0385. The molecular weight excluding hydrogens is 629 g/mol. The third kappa shape index (κ3) is 6.74. The van der Waals surface area contributed by atoms with Gasteiger partial charge in [-0.1, -0.05) is 17.7 Å². The summed E-state index contributed by atoms with van der Waals surface area (Å²) in [5.74, 6) is -2.49. The standard InChI is InChI=1S/C24H23ClF3N3O5S.C4H3NO2/c25-18-2-4-21-17(11-18)14-36-23(33)31(21)19-6-9-30(10-7-19)37(34,35)20-3-1-15-5-8-29(13-16(15)12-20)22(32)24(26,27)28;6-4-5-2-1-3-7-4/h1-4,11-12,19H,5-10,13-14H2;1-3H. The Morgan fingerprint density at radius 3 is 2.39 bits per heavy atom. The van der Waals surface area contributed by atoms with E-state index in [1.165, 1.54) is 28.9 Å². The van der Waals surface area contributed by atoms with E-state index in [1.807, 2.05) is 0 Å². The maximum Gasteiger partial charge on any atom is 0.471 e. The molecule has 6 rings (SSSR count). The summed E-state index contributed by atoms with van der Waals surface area (Å²) >= 11 is 6.06. The minimum Gasteiger partial charge on any atom is -0.444 e. The third-order valence-electron chi connectivity index (χ3n) is 7.51. The molecule has 2 amide bonds. The third-order valence-corrected chi connectivity index (χ3v) is 9.64. The van der Waals surface area contributed by atoms with Crippen LogP contribution in [0.5, 0.6) is 0 Å². The molecule has 0 bridgehead atoms. The lowest BCUT2D eigenvalue weighted by Crippen LogP contribution is -2.50. The molecule has 11 nitrogen and oxygen atoms in total. The Hall–Kier alpha value is -3.95. The van der Waals surface area contributed by atoms with Gasteiger partial charge in [0.1, 0.15) is 6.61 Å². The van der Waals surface area contributed by atoms with Crippen LogP contribution in [-0.2, 0) is 39.1 Å². The SMILES string of the molecule is O=C1OCc2cc(Cl)ccc2N1C1CCN(S(=O)(=O)c2ccc3c(c2)CN(C(=O)C(F)(F)F)CC3)CC1.O=c1nccco1. The van der Waals surface area contributed by atoms with Crippen molar-refractivity contribution in [3.63, 3.8) is 0 Å². The largest absolute Gasteiger partial charge is 0.471 e. The second kappa shape index (κ2) is 12.6. The van der Waals surface area contributed by atoms with E-state index in [4.69, 9.17) is 16.3 Å². The van der Waals surface area contributed by atoms with E-state index in [0.717, 1.165) is 5.56 Å². The number of amides is 2. The summed E-state index contributed by atoms with van der Waals surface area (Å²) in [4.78, 5) is 39.7. The number of hydrogen-bond acceptors (Lipinski definition) is 8. The van der Waals surface area contributed by atoms with Crippen LogP contribution >= 0.6 is 11.6 Å². The highest BCUT2D eigenvalue weighted by Crippen LogP contribution is 2.35. The van der Waals surface area contributed by atoms with Gasteiger partial charge in [-0.2, -0.15) is 22.5 Å². The van der Waals surface area contributed by atoms with Crippen LogP contribution < -0.4 is 10.7 Å². The second-order valence-corrected chi connectivity index (χ2v) is 12.6. The fraction of sp³-hybridized carbons (Fsp3) is 0.357. The Balaban J connectivity index is 0.000000484. The van der Waals surface area contributed by atoms with E-state index >= 15 is 0 Å². The fourth-order valence-electron chi connectivity index (χ4n) is 5.36. The smallest absolute Gasteiger partial charge is 0.444 e. The lowest BCUT2D eigenvalue weighted by atomic mass is 10.00. The van der Waals surface area contributed by atoms with Gasteiger partial charge in [0.15, 0.2) is 0 Å². The topological polar surface area (TPSA) is 130 Å². The van der Waals surface area contributed by atoms with E-state index in [2.05, 4.69) is 9.40 Å². The van der Waals surface area contributed by atoms with Gasteiger partial charge in [-0.25, -0.2) is 18.0 Å². The van der Waals surface area contributed by atoms with Crippen molar-refractivity contribution in [2.75, 3.05) is 24.5 Å². The molecule has 3 aliphatic rings. The van der Waals surface area contributed by atoms with Crippen molar-refractivity contribution in [2.24, 2.45) is 0 Å². The van der Waals surface area contributed by atoms with E-state index in [-0.39, 0.29) is 50.1 Å². The van der Waals surface area contributed by atoms with Crippen molar-refractivity contribution in [3.8, 4) is 0 Å². The molecule has 1 aromatic heterocycles. The van der Waals surface area contributed by atoms with Gasteiger partial charge in [0.2, 0.25) is 10.0 Å². The van der Waals surface area contributed by atoms with Crippen molar-refractivity contribution in [1.82, 2.24) is 14.2 Å². The molecule has 1 saturated heterocycles. The Kier molecular flexibility index (Phi) is 9.00. The van der Waals surface area contributed by atoms with E-state index in [0.29, 0.717) is 39.6 Å². The highest BCUT2D eigenvalue weighted by molar-refractivity contribution is 7.89. The zero-order valence-electron chi connectivity index (χ0n) is 23.0. The average molecular weight is 655 g/mol. The number of fused-ring (bicyclic) bond motifs is 2. The molecule has 0 spiro atoms. The number of alkyl halides is 3. The number of rotatable bonds is 3. The average Bonchev–Trinajstić information content (AvgIpc) is 3.00. The van der Waals surface area contributed by atoms with Gasteiger partial charge >= 0.3 is 23.9 Å². The molecule has 3 aromatic rings. The molecule has 0 N–H and O–H groups in total. The van der Waals surface area contributed by atoms with Crippen LogP contribution in [0.15, 0.2) is 69.0 Å². The zero-order chi connectivity index (χ0) is 31.6. The lowest BCUT2D eigenvalue weighted by molar-refractivity contribution is -0.186. The maximum atomic E-state index is 13.4. The molecule has 0 atom stereocenters. The van der Waals surface area contributed by atoms with Crippen molar-refractivity contribution in [3.05, 3.63) is 87.2 Å². The van der Waals surface area contributed by atoms with Crippen molar-refractivity contribution in [2.45, 2.75) is 49.5 Å². The van der Waals surface area contributed by atoms with Gasteiger partial charge < -0.3 is 14.1 Å². The van der Waals surface area contributed by atoms with Crippen LogP contribution in [0, 0.1) is 0 Å². The van der Waals surface area contributed by atoms with Gasteiger partial charge in [-0.15, -0.1) is 0 Å². The molecule has 44 heavy (non-hydrogen) atoms. The van der Waals surface area contributed by atoms with Crippen molar-refractivity contribution >= 4 is 39.3 Å². The number of halogens is 4. The first-order valence-electron chi connectivity index (χ1n) is 13.5. The summed E-state index contributed by atoms with van der Waals surface area (Å²) in [6, 6.07) is 10.8. The molecule has 0 aliphatic carbocycles. The summed E-state index contributed by atoms with van der Waals surface area (Å²) in [7, 11) is -3.94. The van der Waals surface area contributed by atoms with Crippen LogP contribution in [0.2, 0.25) is 5.02 Å². The van der Waals surface area contributed by atoms with Crippen LogP contribution in [-0.4, -0.2) is 66.5 Å². The normalized spacial score (nSPS) is 17.6. The molecule has 1 fully saturated rings. The Morgan fingerprint density at radius 2 is 1.75 bits per heavy atom. The first-order chi connectivity index (χ1) is 20.8. The molecule has 2 aromatic carbocycles. The number of cyclic esters (lactones) is 1. The number of sulfonamides is 1. The van der Waals surface area contributed by atoms with E-state index in [1.54, 1.807) is 35.2 Å². The predicted octanol–water partition coefficient (Wildman–Crippen LogP) is 4.13. The molecule has 0 radical (unpaired) electrons. The van der Waals surface area contributed by atoms with Gasteiger partial charge in [0.05, 0.1) is 16.8 Å². The molecule has 0 unspecified atom stereocenters. The zero-order valence-corrected chi connectivity index (χ0v) is 24.6. The van der Waals surface area contributed by atoms with Crippen LogP contribution in [0.1, 0.15) is 29.5 Å². The van der Waals surface area contributed by atoms with Crippen molar-refractivity contribution in [1.29, 1.82) is 0 Å². The van der Waals surface area contributed by atoms with Gasteiger partial charge in [-0.3, -0.25) is 9.69 Å². The monoisotopic (exact) mass is 654 g/mol. The summed E-state index contributed by atoms with van der Waals surface area (Å²) in [6.45, 7) is 0.0204. The number of benzene rings is 2. The number of carbonyl (C=O) groups is 2. The number of anilines is 1. The van der Waals surface area contributed by atoms with Gasteiger partial charge in [0, 0.05) is 49.0 Å². The molecule has 0 saturated carbocycles. The number of hydrogen-bond donors (Lipinski definition) is 0. The van der Waals surface area contributed by atoms with Crippen molar-refractivity contribution < 1.29 is 40.3 Å². The first kappa shape index (κ1) is 31.5.